The fourth-order valence-corrected chi connectivity index (χ4v) is 2.64. The van der Waals surface area contributed by atoms with Gasteiger partial charge in [-0.3, -0.25) is 16.0 Å². The summed E-state index contributed by atoms with van der Waals surface area (Å²) in [6.07, 6.45) is 1.66. The molecule has 1 aromatic heterocycles. The molecule has 2 aromatic rings. The third-order valence-electron chi connectivity index (χ3n) is 4.14. The Bertz CT molecular complexity index is 633. The van der Waals surface area contributed by atoms with Crippen LogP contribution >= 0.6 is 0 Å². The SMILES string of the molecule is Cc1ccc(C(CCc2c(C)nn(C)c2C)NN)cc1F. The lowest BCUT2D eigenvalue weighted by atomic mass is 9.97. The van der Waals surface area contributed by atoms with Crippen LogP contribution in [0.25, 0.3) is 0 Å². The van der Waals surface area contributed by atoms with Crippen LogP contribution in [-0.4, -0.2) is 9.78 Å². The van der Waals surface area contributed by atoms with Gasteiger partial charge in [-0.2, -0.15) is 5.10 Å². The fourth-order valence-electron chi connectivity index (χ4n) is 2.64. The van der Waals surface area contributed by atoms with Crippen molar-refractivity contribution in [3.63, 3.8) is 0 Å². The number of aromatic nitrogens is 2. The third-order valence-corrected chi connectivity index (χ3v) is 4.14. The highest BCUT2D eigenvalue weighted by Gasteiger charge is 2.15. The van der Waals surface area contributed by atoms with Crippen molar-refractivity contribution in [3.8, 4) is 0 Å². The molecule has 1 unspecified atom stereocenters. The highest BCUT2D eigenvalue weighted by atomic mass is 19.1. The van der Waals surface area contributed by atoms with Crippen molar-refractivity contribution < 1.29 is 4.39 Å². The quantitative estimate of drug-likeness (QED) is 0.657. The number of nitrogens with two attached hydrogens (primary N) is 1. The molecule has 0 bridgehead atoms. The van der Waals surface area contributed by atoms with Crippen molar-refractivity contribution in [2.45, 2.75) is 39.7 Å². The molecular weight excluding hydrogens is 267 g/mol. The number of rotatable bonds is 5. The minimum Gasteiger partial charge on any atom is -0.272 e. The first kappa shape index (κ1) is 15.7. The maximum Gasteiger partial charge on any atom is 0.126 e. The summed E-state index contributed by atoms with van der Waals surface area (Å²) in [7, 11) is 1.94. The summed E-state index contributed by atoms with van der Waals surface area (Å²) >= 11 is 0. The van der Waals surface area contributed by atoms with Gasteiger partial charge in [0, 0.05) is 18.8 Å². The van der Waals surface area contributed by atoms with E-state index in [0.29, 0.717) is 5.56 Å². The van der Waals surface area contributed by atoms with Crippen LogP contribution in [0.2, 0.25) is 0 Å². The van der Waals surface area contributed by atoms with Crippen molar-refractivity contribution in [1.29, 1.82) is 0 Å². The van der Waals surface area contributed by atoms with Crippen molar-refractivity contribution >= 4 is 0 Å². The molecular formula is C16H23FN4. The first-order valence-electron chi connectivity index (χ1n) is 7.15. The van der Waals surface area contributed by atoms with E-state index in [1.807, 2.05) is 24.7 Å². The Morgan fingerprint density at radius 2 is 2.05 bits per heavy atom. The highest BCUT2D eigenvalue weighted by Crippen LogP contribution is 2.23. The number of benzene rings is 1. The average molecular weight is 290 g/mol. The lowest BCUT2D eigenvalue weighted by molar-refractivity contribution is 0.510. The Labute approximate surface area is 125 Å². The van der Waals surface area contributed by atoms with Gasteiger partial charge in [0.15, 0.2) is 0 Å². The Morgan fingerprint density at radius 3 is 2.57 bits per heavy atom. The van der Waals surface area contributed by atoms with Gasteiger partial charge in [-0.1, -0.05) is 12.1 Å². The number of nitrogens with zero attached hydrogens (tertiary/aromatic N) is 2. The topological polar surface area (TPSA) is 55.9 Å². The van der Waals surface area contributed by atoms with Crippen LogP contribution in [0.15, 0.2) is 18.2 Å². The fraction of sp³-hybridized carbons (Fsp3) is 0.438. The van der Waals surface area contributed by atoms with Gasteiger partial charge < -0.3 is 0 Å². The summed E-state index contributed by atoms with van der Waals surface area (Å²) in [4.78, 5) is 0. The molecule has 21 heavy (non-hydrogen) atoms. The second-order valence-electron chi connectivity index (χ2n) is 5.54. The predicted octanol–water partition coefficient (Wildman–Crippen LogP) is 2.62. The summed E-state index contributed by atoms with van der Waals surface area (Å²) < 4.78 is 15.6. The Balaban J connectivity index is 2.14. The molecule has 0 radical (unpaired) electrons. The molecule has 2 rings (SSSR count). The van der Waals surface area contributed by atoms with E-state index in [1.165, 1.54) is 11.3 Å². The molecule has 5 heteroatoms. The number of hydrazine groups is 1. The van der Waals surface area contributed by atoms with Crippen LogP contribution in [0, 0.1) is 26.6 Å². The highest BCUT2D eigenvalue weighted by molar-refractivity contribution is 5.28. The largest absolute Gasteiger partial charge is 0.272 e. The number of hydrogen-bond acceptors (Lipinski definition) is 3. The molecule has 0 aliphatic heterocycles. The summed E-state index contributed by atoms with van der Waals surface area (Å²) in [5.41, 5.74) is 7.76. The van der Waals surface area contributed by atoms with E-state index in [2.05, 4.69) is 17.4 Å². The molecule has 1 heterocycles. The zero-order valence-electron chi connectivity index (χ0n) is 13.1. The van der Waals surface area contributed by atoms with Crippen molar-refractivity contribution in [2.75, 3.05) is 0 Å². The summed E-state index contributed by atoms with van der Waals surface area (Å²) in [6, 6.07) is 5.20. The lowest BCUT2D eigenvalue weighted by Crippen LogP contribution is -2.28. The molecule has 0 saturated heterocycles. The molecule has 0 spiro atoms. The van der Waals surface area contributed by atoms with E-state index < -0.39 is 0 Å². The average Bonchev–Trinajstić information content (AvgIpc) is 2.69. The molecule has 0 aliphatic rings. The molecule has 114 valence electrons. The molecule has 0 amide bonds. The van der Waals surface area contributed by atoms with Gasteiger partial charge in [0.1, 0.15) is 5.82 Å². The molecule has 0 saturated carbocycles. The van der Waals surface area contributed by atoms with E-state index in [-0.39, 0.29) is 11.9 Å². The minimum atomic E-state index is -0.193. The third kappa shape index (κ3) is 3.31. The number of nitrogens with one attached hydrogen (secondary N) is 1. The molecule has 4 nitrogen and oxygen atoms in total. The monoisotopic (exact) mass is 290 g/mol. The van der Waals surface area contributed by atoms with Crippen LogP contribution in [-0.2, 0) is 13.5 Å². The van der Waals surface area contributed by atoms with E-state index in [4.69, 9.17) is 5.84 Å². The van der Waals surface area contributed by atoms with Crippen LogP contribution in [0.5, 0.6) is 0 Å². The maximum atomic E-state index is 13.7. The summed E-state index contributed by atoms with van der Waals surface area (Å²) in [5, 5.41) is 4.42. The zero-order valence-corrected chi connectivity index (χ0v) is 13.1. The number of aryl methyl sites for hydroxylation is 3. The second kappa shape index (κ2) is 6.37. The van der Waals surface area contributed by atoms with Gasteiger partial charge in [0.25, 0.3) is 0 Å². The van der Waals surface area contributed by atoms with Gasteiger partial charge in [-0.05, 0) is 56.4 Å². The second-order valence-corrected chi connectivity index (χ2v) is 5.54. The molecule has 1 aromatic carbocycles. The maximum absolute atomic E-state index is 13.7. The van der Waals surface area contributed by atoms with Crippen LogP contribution in [0.3, 0.4) is 0 Å². The number of hydrogen-bond donors (Lipinski definition) is 2. The van der Waals surface area contributed by atoms with Crippen LogP contribution in [0.4, 0.5) is 4.39 Å². The lowest BCUT2D eigenvalue weighted by Gasteiger charge is -2.17. The van der Waals surface area contributed by atoms with E-state index in [0.717, 1.165) is 24.1 Å². The summed E-state index contributed by atoms with van der Waals surface area (Å²) in [6.45, 7) is 5.83. The van der Waals surface area contributed by atoms with Gasteiger partial charge in [0.2, 0.25) is 0 Å². The first-order valence-corrected chi connectivity index (χ1v) is 7.15. The van der Waals surface area contributed by atoms with Gasteiger partial charge in [0.05, 0.1) is 5.69 Å². The van der Waals surface area contributed by atoms with Crippen LogP contribution < -0.4 is 11.3 Å². The van der Waals surface area contributed by atoms with Crippen molar-refractivity contribution in [1.82, 2.24) is 15.2 Å². The van der Waals surface area contributed by atoms with Gasteiger partial charge in [-0.25, -0.2) is 4.39 Å². The van der Waals surface area contributed by atoms with Crippen LogP contribution in [0.1, 0.15) is 40.5 Å². The first-order chi connectivity index (χ1) is 9.93. The van der Waals surface area contributed by atoms with Gasteiger partial charge >= 0.3 is 0 Å². The normalized spacial score (nSPS) is 12.7. The summed E-state index contributed by atoms with van der Waals surface area (Å²) in [5.74, 6) is 5.45. The van der Waals surface area contributed by atoms with E-state index >= 15 is 0 Å². The smallest absolute Gasteiger partial charge is 0.126 e. The molecule has 0 fully saturated rings. The zero-order chi connectivity index (χ0) is 15.6. The minimum absolute atomic E-state index is 0.0703. The van der Waals surface area contributed by atoms with Crippen molar-refractivity contribution in [3.05, 3.63) is 52.1 Å². The Kier molecular flexibility index (Phi) is 4.75. The Morgan fingerprint density at radius 1 is 1.33 bits per heavy atom. The van der Waals surface area contributed by atoms with Crippen molar-refractivity contribution in [2.24, 2.45) is 12.9 Å². The molecule has 0 aliphatic carbocycles. The predicted molar refractivity (Wildman–Crippen MR) is 82.2 cm³/mol. The number of halogens is 1. The Hall–Kier alpha value is -1.72. The standard InChI is InChI=1S/C16H23FN4/c1-10-5-6-13(9-15(10)17)16(19-18)8-7-14-11(2)20-21(4)12(14)3/h5-6,9,16,19H,7-8,18H2,1-4H3. The van der Waals surface area contributed by atoms with E-state index in [9.17, 15) is 4.39 Å². The van der Waals surface area contributed by atoms with E-state index in [1.54, 1.807) is 19.1 Å². The molecule has 1 atom stereocenters. The molecule has 3 N–H and O–H groups in total. The van der Waals surface area contributed by atoms with Gasteiger partial charge in [-0.15, -0.1) is 0 Å².